The first-order valence-electron chi connectivity index (χ1n) is 7.58. The zero-order chi connectivity index (χ0) is 18.9. The molecule has 26 heavy (non-hydrogen) atoms. The molecule has 0 spiro atoms. The molecule has 8 heteroatoms. The number of hydrogen-bond donors (Lipinski definition) is 1. The molecule has 0 bridgehead atoms. The molecule has 0 saturated heterocycles. The number of hydrazone groups is 1. The first-order chi connectivity index (χ1) is 12.6. The Labute approximate surface area is 156 Å². The van der Waals surface area contributed by atoms with E-state index in [1.54, 1.807) is 30.3 Å². The molecule has 0 heterocycles. The summed E-state index contributed by atoms with van der Waals surface area (Å²) in [5.41, 5.74) is 3.01. The number of hydrogen-bond acceptors (Lipinski definition) is 6. The van der Waals surface area contributed by atoms with Crippen LogP contribution in [0.2, 0.25) is 5.02 Å². The highest BCUT2D eigenvalue weighted by Crippen LogP contribution is 2.35. The van der Waals surface area contributed by atoms with Crippen molar-refractivity contribution in [2.45, 2.75) is 0 Å². The van der Waals surface area contributed by atoms with Gasteiger partial charge in [0.1, 0.15) is 0 Å². The van der Waals surface area contributed by atoms with Gasteiger partial charge in [0.25, 0.3) is 5.91 Å². The highest BCUT2D eigenvalue weighted by atomic mass is 35.5. The van der Waals surface area contributed by atoms with Crippen molar-refractivity contribution in [1.82, 2.24) is 5.43 Å². The summed E-state index contributed by atoms with van der Waals surface area (Å²) in [6, 6.07) is 10.4. The molecule has 0 aliphatic heterocycles. The Morgan fingerprint density at radius 3 is 2.42 bits per heavy atom. The molecule has 2 rings (SSSR count). The third-order valence-electron chi connectivity index (χ3n) is 3.29. The third-order valence-corrected chi connectivity index (χ3v) is 3.57. The Hall–Kier alpha value is -2.93. The first kappa shape index (κ1) is 19.4. The summed E-state index contributed by atoms with van der Waals surface area (Å²) >= 11 is 6.12. The van der Waals surface area contributed by atoms with Crippen LogP contribution in [0, 0.1) is 0 Å². The zero-order valence-corrected chi connectivity index (χ0v) is 15.4. The average molecular weight is 379 g/mol. The topological polar surface area (TPSA) is 78.4 Å². The monoisotopic (exact) mass is 378 g/mol. The molecule has 2 aromatic rings. The number of carbonyl (C=O) groups excluding carboxylic acids is 1. The number of nitrogens with zero attached hydrogens (tertiary/aromatic N) is 1. The molecule has 0 aliphatic rings. The lowest BCUT2D eigenvalue weighted by Crippen LogP contribution is -2.24. The van der Waals surface area contributed by atoms with Crippen molar-refractivity contribution in [3.63, 3.8) is 0 Å². The van der Waals surface area contributed by atoms with Crippen LogP contribution in [-0.2, 0) is 4.79 Å². The van der Waals surface area contributed by atoms with Crippen LogP contribution in [0.3, 0.4) is 0 Å². The second-order valence-corrected chi connectivity index (χ2v) is 5.38. The van der Waals surface area contributed by atoms with Gasteiger partial charge in [0.15, 0.2) is 29.6 Å². The van der Waals surface area contributed by atoms with Crippen LogP contribution in [0.1, 0.15) is 5.56 Å². The molecule has 0 unspecified atom stereocenters. The van der Waals surface area contributed by atoms with E-state index >= 15 is 0 Å². The minimum atomic E-state index is -0.418. The minimum absolute atomic E-state index is 0.204. The van der Waals surface area contributed by atoms with Gasteiger partial charge in [0.2, 0.25) is 0 Å². The van der Waals surface area contributed by atoms with Crippen molar-refractivity contribution in [2.24, 2.45) is 5.10 Å². The highest BCUT2D eigenvalue weighted by molar-refractivity contribution is 6.32. The molecule has 0 aliphatic carbocycles. The van der Waals surface area contributed by atoms with Crippen LogP contribution >= 0.6 is 11.6 Å². The molecule has 1 amide bonds. The van der Waals surface area contributed by atoms with Gasteiger partial charge in [-0.25, -0.2) is 5.43 Å². The Kier molecular flexibility index (Phi) is 7.11. The summed E-state index contributed by atoms with van der Waals surface area (Å²) < 4.78 is 20.9. The fourth-order valence-corrected chi connectivity index (χ4v) is 2.40. The third kappa shape index (κ3) is 5.03. The second kappa shape index (κ2) is 9.53. The van der Waals surface area contributed by atoms with E-state index in [1.807, 2.05) is 6.07 Å². The SMILES string of the molecule is COc1ccccc1OCC(=O)N/N=C\c1cc(Cl)c(OC)c(OC)c1. The Morgan fingerprint density at radius 2 is 1.77 bits per heavy atom. The smallest absolute Gasteiger partial charge is 0.277 e. The summed E-state index contributed by atoms with van der Waals surface area (Å²) in [4.78, 5) is 11.8. The summed E-state index contributed by atoms with van der Waals surface area (Å²) in [6.45, 7) is -0.204. The lowest BCUT2D eigenvalue weighted by Gasteiger charge is -2.10. The van der Waals surface area contributed by atoms with E-state index < -0.39 is 5.91 Å². The number of amides is 1. The number of rotatable bonds is 8. The van der Waals surface area contributed by atoms with Crippen molar-refractivity contribution >= 4 is 23.7 Å². The number of para-hydroxylation sites is 2. The molecule has 0 atom stereocenters. The molecule has 0 radical (unpaired) electrons. The summed E-state index contributed by atoms with van der Waals surface area (Å²) in [6.07, 6.45) is 1.44. The molecule has 1 N–H and O–H groups in total. The number of carbonyl (C=O) groups is 1. The fourth-order valence-electron chi connectivity index (χ4n) is 2.10. The number of nitrogens with one attached hydrogen (secondary N) is 1. The maximum atomic E-state index is 11.8. The normalized spacial score (nSPS) is 10.5. The van der Waals surface area contributed by atoms with Crippen molar-refractivity contribution < 1.29 is 23.7 Å². The van der Waals surface area contributed by atoms with E-state index in [4.69, 9.17) is 30.5 Å². The molecule has 0 aromatic heterocycles. The van der Waals surface area contributed by atoms with Crippen LogP contribution in [-0.4, -0.2) is 40.1 Å². The fraction of sp³-hybridized carbons (Fsp3) is 0.222. The van der Waals surface area contributed by atoms with Crippen LogP contribution in [0.4, 0.5) is 0 Å². The number of ether oxygens (including phenoxy) is 4. The zero-order valence-electron chi connectivity index (χ0n) is 14.6. The molecular weight excluding hydrogens is 360 g/mol. The molecule has 2 aromatic carbocycles. The Balaban J connectivity index is 1.94. The van der Waals surface area contributed by atoms with Gasteiger partial charge in [0.05, 0.1) is 32.6 Å². The van der Waals surface area contributed by atoms with Gasteiger partial charge in [-0.3, -0.25) is 4.79 Å². The predicted molar refractivity (Wildman–Crippen MR) is 98.8 cm³/mol. The summed E-state index contributed by atoms with van der Waals surface area (Å²) in [5, 5.41) is 4.25. The molecular formula is C18H19ClN2O5. The number of benzene rings is 2. The maximum absolute atomic E-state index is 11.8. The van der Waals surface area contributed by atoms with E-state index in [0.29, 0.717) is 33.6 Å². The van der Waals surface area contributed by atoms with Gasteiger partial charge in [-0.2, -0.15) is 5.10 Å². The van der Waals surface area contributed by atoms with Crippen molar-refractivity contribution in [1.29, 1.82) is 0 Å². The van der Waals surface area contributed by atoms with E-state index in [-0.39, 0.29) is 6.61 Å². The van der Waals surface area contributed by atoms with Gasteiger partial charge < -0.3 is 18.9 Å². The van der Waals surface area contributed by atoms with Crippen molar-refractivity contribution in [3.05, 3.63) is 47.0 Å². The Morgan fingerprint density at radius 1 is 1.08 bits per heavy atom. The molecule has 7 nitrogen and oxygen atoms in total. The molecule has 0 fully saturated rings. The van der Waals surface area contributed by atoms with Gasteiger partial charge >= 0.3 is 0 Å². The van der Waals surface area contributed by atoms with Crippen LogP contribution in [0.5, 0.6) is 23.0 Å². The van der Waals surface area contributed by atoms with Crippen molar-refractivity contribution in [3.8, 4) is 23.0 Å². The van der Waals surface area contributed by atoms with Crippen molar-refractivity contribution in [2.75, 3.05) is 27.9 Å². The number of methoxy groups -OCH3 is 3. The quantitative estimate of drug-likeness (QED) is 0.564. The van der Waals surface area contributed by atoms with Gasteiger partial charge in [-0.05, 0) is 29.8 Å². The highest BCUT2D eigenvalue weighted by Gasteiger charge is 2.10. The van der Waals surface area contributed by atoms with Crippen LogP contribution in [0.15, 0.2) is 41.5 Å². The van der Waals surface area contributed by atoms with E-state index in [9.17, 15) is 4.79 Å². The maximum Gasteiger partial charge on any atom is 0.277 e. The van der Waals surface area contributed by atoms with Gasteiger partial charge in [0, 0.05) is 0 Å². The van der Waals surface area contributed by atoms with Gasteiger partial charge in [-0.15, -0.1) is 0 Å². The van der Waals surface area contributed by atoms with Crippen LogP contribution < -0.4 is 24.4 Å². The average Bonchev–Trinajstić information content (AvgIpc) is 2.66. The van der Waals surface area contributed by atoms with Crippen LogP contribution in [0.25, 0.3) is 0 Å². The minimum Gasteiger partial charge on any atom is -0.493 e. The Bertz CT molecular complexity index is 795. The number of halogens is 1. The summed E-state index contributed by atoms with van der Waals surface area (Å²) in [7, 11) is 4.53. The standard InChI is InChI=1S/C18H19ClN2O5/c1-23-14-6-4-5-7-15(14)26-11-17(22)21-20-10-12-8-13(19)18(25-3)16(9-12)24-2/h4-10H,11H2,1-3H3,(H,21,22)/b20-10-. The summed E-state index contributed by atoms with van der Waals surface area (Å²) in [5.74, 6) is 1.50. The largest absolute Gasteiger partial charge is 0.493 e. The lowest BCUT2D eigenvalue weighted by molar-refractivity contribution is -0.123. The van der Waals surface area contributed by atoms with Gasteiger partial charge in [-0.1, -0.05) is 23.7 Å². The molecule has 138 valence electrons. The molecule has 0 saturated carbocycles. The second-order valence-electron chi connectivity index (χ2n) is 4.97. The predicted octanol–water partition coefficient (Wildman–Crippen LogP) is 2.89. The van der Waals surface area contributed by atoms with E-state index in [2.05, 4.69) is 10.5 Å². The lowest BCUT2D eigenvalue weighted by atomic mass is 10.2. The first-order valence-corrected chi connectivity index (χ1v) is 7.96. The van der Waals surface area contributed by atoms with E-state index in [1.165, 1.54) is 27.5 Å². The van der Waals surface area contributed by atoms with E-state index in [0.717, 1.165) is 0 Å².